The Hall–Kier alpha value is -2.94. The summed E-state index contributed by atoms with van der Waals surface area (Å²) >= 11 is 0. The molecule has 9 nitrogen and oxygen atoms in total. The second-order valence-electron chi connectivity index (χ2n) is 8.95. The van der Waals surface area contributed by atoms with Crippen molar-refractivity contribution >= 4 is 23.9 Å². The molecule has 0 fully saturated rings. The minimum Gasteiger partial charge on any atom is -0.462 e. The van der Waals surface area contributed by atoms with Crippen LogP contribution in [-0.4, -0.2) is 42.6 Å². The summed E-state index contributed by atoms with van der Waals surface area (Å²) in [5.74, 6) is -1.82. The first-order chi connectivity index (χ1) is 16.5. The van der Waals surface area contributed by atoms with Crippen LogP contribution in [0, 0.1) is 11.8 Å². The first kappa shape index (κ1) is 30.1. The van der Waals surface area contributed by atoms with E-state index in [2.05, 4.69) is 0 Å². The van der Waals surface area contributed by atoms with Crippen molar-refractivity contribution in [3.05, 3.63) is 23.8 Å². The molecule has 1 rings (SSSR count). The van der Waals surface area contributed by atoms with Crippen LogP contribution >= 0.6 is 0 Å². The predicted molar refractivity (Wildman–Crippen MR) is 130 cm³/mol. The van der Waals surface area contributed by atoms with Gasteiger partial charge in [0.2, 0.25) is 0 Å². The molecule has 0 aliphatic rings. The number of ether oxygens (including phenoxy) is 4. The number of carbonyl (C=O) groups excluding carboxylic acids is 4. The molecule has 0 aromatic heterocycles. The monoisotopic (exact) mass is 493 g/mol. The maximum atomic E-state index is 12.4. The molecular formula is C26H39NO8. The van der Waals surface area contributed by atoms with Crippen LogP contribution in [0.2, 0.25) is 0 Å². The third-order valence-corrected chi connectivity index (χ3v) is 5.27. The summed E-state index contributed by atoms with van der Waals surface area (Å²) in [5, 5.41) is 0. The van der Waals surface area contributed by atoms with E-state index in [1.54, 1.807) is 19.9 Å². The lowest BCUT2D eigenvalue weighted by atomic mass is 9.99. The zero-order chi connectivity index (χ0) is 26.5. The van der Waals surface area contributed by atoms with E-state index in [9.17, 15) is 19.2 Å². The number of carbonyl (C=O) groups is 4. The SMILES string of the molecule is CCCC(=O)Oc1ccc(C[C@H](N)C(=O)O[C@@H](C)COC(=O)C(C)C(C)C)cc1OC(=O)CCC. The number of hydrogen-bond donors (Lipinski definition) is 1. The van der Waals surface area contributed by atoms with E-state index in [1.807, 2.05) is 27.7 Å². The molecule has 1 aromatic rings. The highest BCUT2D eigenvalue weighted by molar-refractivity contribution is 5.77. The number of benzene rings is 1. The maximum absolute atomic E-state index is 12.4. The van der Waals surface area contributed by atoms with Gasteiger partial charge in [-0.25, -0.2) is 0 Å². The minimum atomic E-state index is -1.00. The van der Waals surface area contributed by atoms with Gasteiger partial charge in [0.05, 0.1) is 5.92 Å². The smallest absolute Gasteiger partial charge is 0.323 e. The number of hydrogen-bond acceptors (Lipinski definition) is 9. The molecule has 9 heteroatoms. The average molecular weight is 494 g/mol. The van der Waals surface area contributed by atoms with Crippen LogP contribution < -0.4 is 15.2 Å². The molecule has 1 unspecified atom stereocenters. The Labute approximate surface area is 207 Å². The zero-order valence-electron chi connectivity index (χ0n) is 21.6. The maximum Gasteiger partial charge on any atom is 0.323 e. The first-order valence-corrected chi connectivity index (χ1v) is 12.1. The van der Waals surface area contributed by atoms with Gasteiger partial charge in [-0.15, -0.1) is 0 Å². The van der Waals surface area contributed by atoms with Crippen LogP contribution in [0.15, 0.2) is 18.2 Å². The topological polar surface area (TPSA) is 131 Å². The average Bonchev–Trinajstić information content (AvgIpc) is 2.78. The number of nitrogens with two attached hydrogens (primary N) is 1. The third-order valence-electron chi connectivity index (χ3n) is 5.27. The van der Waals surface area contributed by atoms with Gasteiger partial charge in [0.25, 0.3) is 0 Å². The summed E-state index contributed by atoms with van der Waals surface area (Å²) in [6, 6.07) is 3.66. The van der Waals surface area contributed by atoms with Crippen molar-refractivity contribution in [3.8, 4) is 11.5 Å². The summed E-state index contributed by atoms with van der Waals surface area (Å²) in [6.45, 7) is 10.9. The molecule has 0 saturated heterocycles. The van der Waals surface area contributed by atoms with Crippen LogP contribution in [0.5, 0.6) is 11.5 Å². The number of rotatable bonds is 14. The lowest BCUT2D eigenvalue weighted by Crippen LogP contribution is -2.37. The Balaban J connectivity index is 2.80. The van der Waals surface area contributed by atoms with Crippen molar-refractivity contribution in [2.75, 3.05) is 6.61 Å². The van der Waals surface area contributed by atoms with E-state index in [0.717, 1.165) is 0 Å². The van der Waals surface area contributed by atoms with Gasteiger partial charge in [-0.1, -0.05) is 40.7 Å². The van der Waals surface area contributed by atoms with Gasteiger partial charge in [-0.3, -0.25) is 19.2 Å². The van der Waals surface area contributed by atoms with Gasteiger partial charge in [0.15, 0.2) is 11.5 Å². The molecule has 35 heavy (non-hydrogen) atoms. The normalized spacial score (nSPS) is 13.5. The van der Waals surface area contributed by atoms with E-state index in [4.69, 9.17) is 24.7 Å². The largest absolute Gasteiger partial charge is 0.462 e. The predicted octanol–water partition coefficient (Wildman–Crippen LogP) is 3.73. The Morgan fingerprint density at radius 3 is 1.97 bits per heavy atom. The lowest BCUT2D eigenvalue weighted by molar-refractivity contribution is -0.161. The molecule has 0 spiro atoms. The Morgan fingerprint density at radius 2 is 1.43 bits per heavy atom. The molecule has 1 aromatic carbocycles. The number of esters is 4. The zero-order valence-corrected chi connectivity index (χ0v) is 21.6. The molecule has 0 radical (unpaired) electrons. The molecule has 0 aliphatic carbocycles. The highest BCUT2D eigenvalue weighted by atomic mass is 16.6. The van der Waals surface area contributed by atoms with E-state index < -0.39 is 30.1 Å². The fourth-order valence-corrected chi connectivity index (χ4v) is 2.86. The molecule has 0 amide bonds. The third kappa shape index (κ3) is 10.9. The molecule has 196 valence electrons. The van der Waals surface area contributed by atoms with Crippen LogP contribution in [0.25, 0.3) is 0 Å². The molecule has 0 aliphatic heterocycles. The Kier molecular flexibility index (Phi) is 13.0. The van der Waals surface area contributed by atoms with Gasteiger partial charge in [0, 0.05) is 12.8 Å². The van der Waals surface area contributed by atoms with Gasteiger partial charge < -0.3 is 24.7 Å². The van der Waals surface area contributed by atoms with Crippen molar-refractivity contribution in [1.82, 2.24) is 0 Å². The molecule has 0 bridgehead atoms. The van der Waals surface area contributed by atoms with E-state index in [-0.39, 0.29) is 55.2 Å². The van der Waals surface area contributed by atoms with Crippen molar-refractivity contribution in [2.45, 2.75) is 85.8 Å². The van der Waals surface area contributed by atoms with Crippen molar-refractivity contribution in [3.63, 3.8) is 0 Å². The van der Waals surface area contributed by atoms with Crippen LogP contribution in [0.1, 0.15) is 72.8 Å². The summed E-state index contributed by atoms with van der Waals surface area (Å²) in [6.07, 6.45) is 1.08. The van der Waals surface area contributed by atoms with E-state index >= 15 is 0 Å². The minimum absolute atomic E-state index is 0.0658. The summed E-state index contributed by atoms with van der Waals surface area (Å²) in [4.78, 5) is 48.4. The van der Waals surface area contributed by atoms with E-state index in [0.29, 0.717) is 18.4 Å². The molecular weight excluding hydrogens is 454 g/mol. The quantitative estimate of drug-likeness (QED) is 0.304. The fraction of sp³-hybridized carbons (Fsp3) is 0.615. The molecule has 2 N–H and O–H groups in total. The fourth-order valence-electron chi connectivity index (χ4n) is 2.86. The van der Waals surface area contributed by atoms with Gasteiger partial charge in [-0.2, -0.15) is 0 Å². The van der Waals surface area contributed by atoms with Crippen molar-refractivity contribution in [1.29, 1.82) is 0 Å². The summed E-state index contributed by atoms with van der Waals surface area (Å²) in [7, 11) is 0. The van der Waals surface area contributed by atoms with Crippen LogP contribution in [-0.2, 0) is 35.1 Å². The molecule has 0 heterocycles. The first-order valence-electron chi connectivity index (χ1n) is 12.1. The highest BCUT2D eigenvalue weighted by Gasteiger charge is 2.23. The van der Waals surface area contributed by atoms with Gasteiger partial charge in [0.1, 0.15) is 18.8 Å². The Morgan fingerprint density at radius 1 is 0.857 bits per heavy atom. The van der Waals surface area contributed by atoms with Gasteiger partial charge >= 0.3 is 23.9 Å². The van der Waals surface area contributed by atoms with Gasteiger partial charge in [-0.05, 0) is 49.8 Å². The van der Waals surface area contributed by atoms with Crippen LogP contribution in [0.4, 0.5) is 0 Å². The highest BCUT2D eigenvalue weighted by Crippen LogP contribution is 2.30. The van der Waals surface area contributed by atoms with Crippen molar-refractivity contribution in [2.24, 2.45) is 17.6 Å². The van der Waals surface area contributed by atoms with Crippen molar-refractivity contribution < 1.29 is 38.1 Å². The summed E-state index contributed by atoms with van der Waals surface area (Å²) in [5.41, 5.74) is 6.61. The van der Waals surface area contributed by atoms with Crippen LogP contribution in [0.3, 0.4) is 0 Å². The second kappa shape index (κ2) is 15.1. The standard InChI is InChI=1S/C26H39NO8/c1-7-9-23(28)34-21-12-11-19(14-22(21)35-24(29)10-8-2)13-20(27)26(31)33-17(5)15-32-25(30)18(6)16(3)4/h11-12,14,16-18,20H,7-10,13,15,27H2,1-6H3/t17-,18?,20-/m0/s1. The lowest BCUT2D eigenvalue weighted by Gasteiger charge is -2.19. The Bertz CT molecular complexity index is 867. The molecule has 3 atom stereocenters. The molecule has 0 saturated carbocycles. The van der Waals surface area contributed by atoms with E-state index in [1.165, 1.54) is 12.1 Å². The summed E-state index contributed by atoms with van der Waals surface area (Å²) < 4.78 is 21.2. The second-order valence-corrected chi connectivity index (χ2v) is 8.95.